The Bertz CT molecular complexity index is 1940. The number of hydrogen-bond acceptors (Lipinski definition) is 14. The molecule has 0 spiro atoms. The van der Waals surface area contributed by atoms with Crippen molar-refractivity contribution in [3.8, 4) is 0 Å². The average Bonchev–Trinajstić information content (AvgIpc) is 3.28. The number of carbonyl (C=O) groups is 11. The van der Waals surface area contributed by atoms with E-state index in [2.05, 4.69) is 47.5 Å². The second kappa shape index (κ2) is 34.0. The van der Waals surface area contributed by atoms with Gasteiger partial charge in [-0.25, -0.2) is 4.79 Å². The van der Waals surface area contributed by atoms with Gasteiger partial charge in [-0.05, 0) is 82.5 Å². The lowest BCUT2D eigenvalue weighted by Crippen LogP contribution is -2.62. The van der Waals surface area contributed by atoms with Gasteiger partial charge >= 0.3 is 5.97 Å². The second-order valence-electron chi connectivity index (χ2n) is 19.9. The van der Waals surface area contributed by atoms with Gasteiger partial charge in [0.1, 0.15) is 48.3 Å². The summed E-state index contributed by atoms with van der Waals surface area (Å²) in [4.78, 5) is 149. The Labute approximate surface area is 433 Å². The van der Waals surface area contributed by atoms with Gasteiger partial charge in [-0.1, -0.05) is 61.8 Å². The first kappa shape index (κ1) is 67.4. The van der Waals surface area contributed by atoms with Crippen LogP contribution in [0.4, 0.5) is 0 Å². The third kappa shape index (κ3) is 26.9. The minimum Gasteiger partial charge on any atom is -0.480 e. The molecule has 422 valence electrons. The summed E-state index contributed by atoms with van der Waals surface area (Å²) in [6.07, 6.45) is -2.78. The van der Waals surface area contributed by atoms with Crippen molar-refractivity contribution >= 4 is 71.0 Å². The van der Waals surface area contributed by atoms with Crippen LogP contribution < -0.4 is 71.2 Å². The highest BCUT2D eigenvalue weighted by Crippen LogP contribution is 2.14. The van der Waals surface area contributed by atoms with Crippen molar-refractivity contribution in [2.75, 3.05) is 6.54 Å². The maximum Gasteiger partial charge on any atom is 0.326 e. The summed E-state index contributed by atoms with van der Waals surface area (Å²) in [5.74, 6) is -11.5. The molecular formula is C47H86N14O13. The van der Waals surface area contributed by atoms with E-state index < -0.39 is 151 Å². The summed E-state index contributed by atoms with van der Waals surface area (Å²) in [5.41, 5.74) is 27.4. The number of amides is 10. The molecule has 0 bridgehead atoms. The molecule has 0 saturated heterocycles. The fourth-order valence-electron chi connectivity index (χ4n) is 7.24. The summed E-state index contributed by atoms with van der Waals surface area (Å²) in [6, 6.07) is -12.4. The quantitative estimate of drug-likeness (QED) is 0.0164. The van der Waals surface area contributed by atoms with Gasteiger partial charge in [0.05, 0.1) is 12.1 Å². The van der Waals surface area contributed by atoms with Crippen molar-refractivity contribution in [2.24, 2.45) is 57.3 Å². The molecule has 0 aromatic carbocycles. The standard InChI is InChI=1S/C47H86N14O13/c1-11-25(8)36(60-43(70)32(20-23(4)5)57-38(65)26(9)48)44(71)56-28(13-12-18-53-47(51)52)41(68)61-37(27(10)62)45(72)58-31(19-22(2)3)42(69)55-29(14-16-34(49)63)39(66)54-30(15-17-35(50)64)40(67)59-33(46(73)74)21-24(6)7/h22-33,36-37,62H,11-21,48H2,1-10H3,(H2,49,63)(H2,50,64)(H,54,66)(H,55,69)(H,56,71)(H,57,65)(H,58,72)(H,59,67)(H,60,70)(H,61,68)(H,73,74)(H4,51,52,53)/t25-,26-,27+,28-,29-,30-,31-,32-,33-,36-,37-/m0/s1. The zero-order chi connectivity index (χ0) is 57.2. The Kier molecular flexibility index (Phi) is 30.9. The van der Waals surface area contributed by atoms with E-state index in [0.717, 1.165) is 0 Å². The Hall–Kier alpha value is -6.64. The number of hydrogen-bond donors (Lipinski definition) is 15. The van der Waals surface area contributed by atoms with E-state index in [-0.39, 0.29) is 68.8 Å². The minimum absolute atomic E-state index is 0.0130. The third-order valence-corrected chi connectivity index (χ3v) is 11.5. The Morgan fingerprint density at radius 3 is 1.19 bits per heavy atom. The molecule has 0 aliphatic rings. The maximum atomic E-state index is 14.1. The van der Waals surface area contributed by atoms with Gasteiger partial charge in [0.2, 0.25) is 59.1 Å². The molecule has 0 aromatic rings. The number of nitrogens with two attached hydrogens (primary N) is 5. The molecule has 0 heterocycles. The average molecular weight is 1060 g/mol. The van der Waals surface area contributed by atoms with Crippen LogP contribution in [0.2, 0.25) is 0 Å². The molecule has 0 radical (unpaired) electrons. The first-order chi connectivity index (χ1) is 34.3. The van der Waals surface area contributed by atoms with E-state index in [1.54, 1.807) is 41.5 Å². The molecule has 27 heteroatoms. The predicted octanol–water partition coefficient (Wildman–Crippen LogP) is -3.55. The van der Waals surface area contributed by atoms with Crippen molar-refractivity contribution in [2.45, 2.75) is 194 Å². The van der Waals surface area contributed by atoms with Gasteiger partial charge in [0.25, 0.3) is 0 Å². The molecule has 10 amide bonds. The molecule has 0 aromatic heterocycles. The number of aliphatic carboxylic acids is 1. The van der Waals surface area contributed by atoms with Crippen LogP contribution in [-0.4, -0.2) is 148 Å². The number of rotatable bonds is 36. The Morgan fingerprint density at radius 1 is 0.459 bits per heavy atom. The van der Waals surface area contributed by atoms with Gasteiger partial charge in [0, 0.05) is 19.4 Å². The number of carboxylic acid groups (broad SMARTS) is 1. The van der Waals surface area contributed by atoms with Crippen LogP contribution in [0.5, 0.6) is 0 Å². The summed E-state index contributed by atoms with van der Waals surface area (Å²) in [5, 5.41) is 40.7. The molecule has 20 N–H and O–H groups in total. The zero-order valence-corrected chi connectivity index (χ0v) is 44.6. The van der Waals surface area contributed by atoms with Crippen molar-refractivity contribution in [1.82, 2.24) is 42.5 Å². The van der Waals surface area contributed by atoms with E-state index in [1.165, 1.54) is 13.8 Å². The number of carbonyl (C=O) groups excluding carboxylic acids is 10. The molecule has 0 aliphatic heterocycles. The van der Waals surface area contributed by atoms with E-state index in [9.17, 15) is 63.0 Å². The highest BCUT2D eigenvalue weighted by atomic mass is 16.4. The van der Waals surface area contributed by atoms with Crippen LogP contribution >= 0.6 is 0 Å². The van der Waals surface area contributed by atoms with Crippen molar-refractivity contribution < 1.29 is 63.0 Å². The first-order valence-electron chi connectivity index (χ1n) is 25.0. The maximum absolute atomic E-state index is 14.1. The SMILES string of the molecule is CC[C@H](C)[C@H](NC(=O)[C@H](CC(C)C)NC(=O)[C@H](C)N)C(=O)N[C@@H](CCCN=C(N)N)C(=O)N[C@H](C(=O)N[C@@H](CC(C)C)C(=O)N[C@@H](CCC(N)=O)C(=O)N[C@@H](CCC(N)=O)C(=O)N[C@@H](CC(C)C)C(=O)O)[C@@H](C)O. The molecule has 0 fully saturated rings. The summed E-state index contributed by atoms with van der Waals surface area (Å²) in [6.45, 7) is 16.6. The molecule has 0 rings (SSSR count). The lowest BCUT2D eigenvalue weighted by molar-refractivity contribution is -0.143. The molecule has 27 nitrogen and oxygen atoms in total. The normalized spacial score (nSPS) is 15.7. The number of guanidine groups is 1. The molecule has 11 atom stereocenters. The number of aliphatic hydroxyl groups excluding tert-OH is 1. The number of aliphatic imine (C=N–C) groups is 1. The fourth-order valence-corrected chi connectivity index (χ4v) is 7.24. The number of nitrogens with one attached hydrogen (secondary N) is 8. The summed E-state index contributed by atoms with van der Waals surface area (Å²) in [7, 11) is 0. The van der Waals surface area contributed by atoms with Gasteiger partial charge in [0.15, 0.2) is 5.96 Å². The largest absolute Gasteiger partial charge is 0.480 e. The number of aliphatic hydroxyl groups is 1. The van der Waals surface area contributed by atoms with E-state index in [0.29, 0.717) is 6.42 Å². The van der Waals surface area contributed by atoms with E-state index in [1.807, 2.05) is 13.8 Å². The summed E-state index contributed by atoms with van der Waals surface area (Å²) < 4.78 is 0. The highest BCUT2D eigenvalue weighted by molar-refractivity contribution is 5.98. The molecule has 0 aliphatic carbocycles. The lowest BCUT2D eigenvalue weighted by Gasteiger charge is -2.30. The van der Waals surface area contributed by atoms with E-state index >= 15 is 0 Å². The highest BCUT2D eigenvalue weighted by Gasteiger charge is 2.37. The Balaban J connectivity index is 6.86. The molecule has 0 saturated carbocycles. The fraction of sp³-hybridized carbons (Fsp3) is 0.745. The number of primary amides is 2. The minimum atomic E-state index is -1.78. The van der Waals surface area contributed by atoms with Crippen LogP contribution in [0.3, 0.4) is 0 Å². The van der Waals surface area contributed by atoms with Crippen molar-refractivity contribution in [1.29, 1.82) is 0 Å². The van der Waals surface area contributed by atoms with Gasteiger partial charge in [-0.3, -0.25) is 52.9 Å². The van der Waals surface area contributed by atoms with Crippen molar-refractivity contribution in [3.05, 3.63) is 0 Å². The van der Waals surface area contributed by atoms with E-state index in [4.69, 9.17) is 28.7 Å². The topological polar surface area (TPSA) is 467 Å². The van der Waals surface area contributed by atoms with Crippen LogP contribution in [0, 0.1) is 23.7 Å². The smallest absolute Gasteiger partial charge is 0.326 e. The molecule has 0 unspecified atom stereocenters. The lowest BCUT2D eigenvalue weighted by atomic mass is 9.96. The first-order valence-corrected chi connectivity index (χ1v) is 25.0. The van der Waals surface area contributed by atoms with Gasteiger partial charge in [-0.2, -0.15) is 0 Å². The van der Waals surface area contributed by atoms with Crippen LogP contribution in [0.25, 0.3) is 0 Å². The molecular weight excluding hydrogens is 969 g/mol. The number of carboxylic acids is 1. The second-order valence-corrected chi connectivity index (χ2v) is 19.9. The monoisotopic (exact) mass is 1050 g/mol. The Morgan fingerprint density at radius 2 is 0.797 bits per heavy atom. The zero-order valence-electron chi connectivity index (χ0n) is 44.6. The summed E-state index contributed by atoms with van der Waals surface area (Å²) >= 11 is 0. The molecule has 74 heavy (non-hydrogen) atoms. The van der Waals surface area contributed by atoms with Gasteiger partial charge < -0.3 is 81.4 Å². The van der Waals surface area contributed by atoms with Crippen LogP contribution in [-0.2, 0) is 52.7 Å². The van der Waals surface area contributed by atoms with Crippen molar-refractivity contribution in [3.63, 3.8) is 0 Å². The third-order valence-electron chi connectivity index (χ3n) is 11.5. The predicted molar refractivity (Wildman–Crippen MR) is 273 cm³/mol. The van der Waals surface area contributed by atoms with Crippen LogP contribution in [0.15, 0.2) is 4.99 Å². The number of nitrogens with zero attached hydrogens (tertiary/aromatic N) is 1. The van der Waals surface area contributed by atoms with Crippen LogP contribution in [0.1, 0.15) is 133 Å². The van der Waals surface area contributed by atoms with Gasteiger partial charge in [-0.15, -0.1) is 0 Å².